The van der Waals surface area contributed by atoms with Gasteiger partial charge in [0.05, 0.1) is 24.1 Å². The highest BCUT2D eigenvalue weighted by molar-refractivity contribution is 7.99. The molecule has 2 fully saturated rings. The van der Waals surface area contributed by atoms with Gasteiger partial charge in [-0.2, -0.15) is 11.8 Å². The molecule has 1 amide bonds. The SMILES string of the molecule is Cc1scc2nc(C(=O)NCCN3CCOCC3)nc(N3CCSCC3)c12. The van der Waals surface area contributed by atoms with Crippen LogP contribution >= 0.6 is 23.1 Å². The zero-order valence-electron chi connectivity index (χ0n) is 15.6. The Morgan fingerprint density at radius 3 is 2.78 bits per heavy atom. The van der Waals surface area contributed by atoms with E-state index in [1.54, 1.807) is 11.3 Å². The number of rotatable bonds is 5. The summed E-state index contributed by atoms with van der Waals surface area (Å²) in [5, 5.41) is 6.10. The third-order valence-corrected chi connectivity index (χ3v) is 6.79. The van der Waals surface area contributed by atoms with Crippen LogP contribution in [0.25, 0.3) is 10.9 Å². The molecule has 2 aromatic heterocycles. The van der Waals surface area contributed by atoms with Gasteiger partial charge in [0.1, 0.15) is 5.82 Å². The van der Waals surface area contributed by atoms with Crippen molar-refractivity contribution >= 4 is 45.7 Å². The summed E-state index contributed by atoms with van der Waals surface area (Å²) in [5.74, 6) is 3.18. The maximum absolute atomic E-state index is 12.7. The smallest absolute Gasteiger partial charge is 0.289 e. The maximum Gasteiger partial charge on any atom is 0.289 e. The van der Waals surface area contributed by atoms with Gasteiger partial charge in [-0.3, -0.25) is 9.69 Å². The normalized spacial score (nSPS) is 18.8. The van der Waals surface area contributed by atoms with Crippen LogP contribution < -0.4 is 10.2 Å². The summed E-state index contributed by atoms with van der Waals surface area (Å²) in [5.41, 5.74) is 0.874. The topological polar surface area (TPSA) is 70.6 Å². The van der Waals surface area contributed by atoms with Crippen molar-refractivity contribution in [3.8, 4) is 0 Å². The number of carbonyl (C=O) groups is 1. The first kappa shape index (κ1) is 18.9. The fourth-order valence-corrected chi connectivity index (χ4v) is 5.10. The molecular weight excluding hydrogens is 382 g/mol. The predicted octanol–water partition coefficient (Wildman–Crippen LogP) is 1.61. The van der Waals surface area contributed by atoms with Gasteiger partial charge in [0.15, 0.2) is 0 Å². The Hall–Kier alpha value is -1.42. The molecule has 27 heavy (non-hydrogen) atoms. The molecule has 0 unspecified atom stereocenters. The van der Waals surface area contributed by atoms with E-state index < -0.39 is 0 Å². The average Bonchev–Trinajstić information content (AvgIpc) is 3.10. The average molecular weight is 408 g/mol. The molecule has 4 rings (SSSR count). The van der Waals surface area contributed by atoms with Crippen LogP contribution in [0.5, 0.6) is 0 Å². The number of hydrogen-bond acceptors (Lipinski definition) is 8. The fourth-order valence-electron chi connectivity index (χ4n) is 3.43. The van der Waals surface area contributed by atoms with Gasteiger partial charge in [-0.15, -0.1) is 11.3 Å². The molecule has 2 aliphatic rings. The molecular formula is C18H25N5O2S2. The Kier molecular flexibility index (Phi) is 6.11. The van der Waals surface area contributed by atoms with E-state index in [4.69, 9.17) is 4.74 Å². The number of hydrogen-bond donors (Lipinski definition) is 1. The second-order valence-electron chi connectivity index (χ2n) is 6.73. The van der Waals surface area contributed by atoms with Crippen molar-refractivity contribution in [3.05, 3.63) is 16.1 Å². The van der Waals surface area contributed by atoms with E-state index in [0.29, 0.717) is 6.54 Å². The lowest BCUT2D eigenvalue weighted by Crippen LogP contribution is -2.41. The van der Waals surface area contributed by atoms with Crippen LogP contribution in [0.2, 0.25) is 0 Å². The Morgan fingerprint density at radius 1 is 1.22 bits per heavy atom. The zero-order valence-corrected chi connectivity index (χ0v) is 17.2. The zero-order chi connectivity index (χ0) is 18.6. The second kappa shape index (κ2) is 8.72. The number of carbonyl (C=O) groups excluding carboxylic acids is 1. The van der Waals surface area contributed by atoms with Crippen LogP contribution in [-0.2, 0) is 4.74 Å². The van der Waals surface area contributed by atoms with E-state index >= 15 is 0 Å². The summed E-state index contributed by atoms with van der Waals surface area (Å²) in [7, 11) is 0. The first-order chi connectivity index (χ1) is 13.2. The number of fused-ring (bicyclic) bond motifs is 1. The van der Waals surface area contributed by atoms with Gasteiger partial charge in [-0.1, -0.05) is 0 Å². The van der Waals surface area contributed by atoms with Crippen molar-refractivity contribution in [2.75, 3.05) is 68.9 Å². The van der Waals surface area contributed by atoms with Crippen LogP contribution in [0, 0.1) is 6.92 Å². The molecule has 0 atom stereocenters. The van der Waals surface area contributed by atoms with E-state index in [2.05, 4.69) is 32.0 Å². The van der Waals surface area contributed by atoms with Gasteiger partial charge in [0, 0.05) is 61.0 Å². The molecule has 0 spiro atoms. The third kappa shape index (κ3) is 4.37. The highest BCUT2D eigenvalue weighted by atomic mass is 32.2. The van der Waals surface area contributed by atoms with E-state index in [1.165, 1.54) is 4.88 Å². The third-order valence-electron chi connectivity index (χ3n) is 4.95. The quantitative estimate of drug-likeness (QED) is 0.807. The molecule has 1 N–H and O–H groups in total. The molecule has 4 heterocycles. The molecule has 2 saturated heterocycles. The molecule has 9 heteroatoms. The minimum absolute atomic E-state index is 0.193. The van der Waals surface area contributed by atoms with Crippen molar-refractivity contribution in [1.29, 1.82) is 0 Å². The Morgan fingerprint density at radius 2 is 2.00 bits per heavy atom. The number of aryl methyl sites for hydroxylation is 1. The summed E-state index contributed by atoms with van der Waals surface area (Å²) in [6.07, 6.45) is 0. The highest BCUT2D eigenvalue weighted by Crippen LogP contribution is 2.32. The first-order valence-electron chi connectivity index (χ1n) is 9.39. The molecule has 0 bridgehead atoms. The number of nitrogens with zero attached hydrogens (tertiary/aromatic N) is 4. The van der Waals surface area contributed by atoms with Crippen molar-refractivity contribution in [1.82, 2.24) is 20.2 Å². The number of aromatic nitrogens is 2. The van der Waals surface area contributed by atoms with Crippen molar-refractivity contribution in [2.45, 2.75) is 6.92 Å². The van der Waals surface area contributed by atoms with E-state index in [-0.39, 0.29) is 11.7 Å². The molecule has 7 nitrogen and oxygen atoms in total. The maximum atomic E-state index is 12.7. The fraction of sp³-hybridized carbons (Fsp3) is 0.611. The monoisotopic (exact) mass is 407 g/mol. The largest absolute Gasteiger partial charge is 0.379 e. The number of amides is 1. The van der Waals surface area contributed by atoms with E-state index in [9.17, 15) is 4.79 Å². The van der Waals surface area contributed by atoms with Crippen molar-refractivity contribution in [3.63, 3.8) is 0 Å². The number of morpholine rings is 1. The molecule has 0 aliphatic carbocycles. The lowest BCUT2D eigenvalue weighted by atomic mass is 10.2. The molecule has 2 aliphatic heterocycles. The van der Waals surface area contributed by atoms with Gasteiger partial charge in [-0.25, -0.2) is 9.97 Å². The summed E-state index contributed by atoms with van der Waals surface area (Å²) in [4.78, 5) is 27.7. The van der Waals surface area contributed by atoms with E-state index in [1.807, 2.05) is 17.1 Å². The molecule has 0 radical (unpaired) electrons. The van der Waals surface area contributed by atoms with Crippen LogP contribution in [-0.4, -0.2) is 84.8 Å². The van der Waals surface area contributed by atoms with Crippen LogP contribution in [0.1, 0.15) is 15.5 Å². The summed E-state index contributed by atoms with van der Waals surface area (Å²) >= 11 is 3.63. The van der Waals surface area contributed by atoms with Crippen LogP contribution in [0.3, 0.4) is 0 Å². The van der Waals surface area contributed by atoms with Crippen molar-refractivity contribution < 1.29 is 9.53 Å². The van der Waals surface area contributed by atoms with Gasteiger partial charge < -0.3 is 15.0 Å². The van der Waals surface area contributed by atoms with Crippen LogP contribution in [0.15, 0.2) is 5.38 Å². The van der Waals surface area contributed by atoms with Gasteiger partial charge >= 0.3 is 0 Å². The molecule has 2 aromatic rings. The number of nitrogens with one attached hydrogen (secondary N) is 1. The predicted molar refractivity (Wildman–Crippen MR) is 111 cm³/mol. The Bertz CT molecular complexity index is 800. The van der Waals surface area contributed by atoms with Crippen LogP contribution in [0.4, 0.5) is 5.82 Å². The minimum atomic E-state index is -0.193. The number of ether oxygens (including phenoxy) is 1. The summed E-state index contributed by atoms with van der Waals surface area (Å²) < 4.78 is 5.36. The Balaban J connectivity index is 1.49. The minimum Gasteiger partial charge on any atom is -0.379 e. The number of thioether (sulfide) groups is 1. The number of thiophene rings is 1. The lowest BCUT2D eigenvalue weighted by Gasteiger charge is -2.28. The first-order valence-corrected chi connectivity index (χ1v) is 11.4. The lowest BCUT2D eigenvalue weighted by molar-refractivity contribution is 0.0383. The summed E-state index contributed by atoms with van der Waals surface area (Å²) in [6, 6.07) is 0. The van der Waals surface area contributed by atoms with Gasteiger partial charge in [-0.05, 0) is 6.92 Å². The van der Waals surface area contributed by atoms with Gasteiger partial charge in [0.2, 0.25) is 5.82 Å². The standard InChI is InChI=1S/C18H25N5O2S2/c1-13-15-14(12-27-13)20-16(21-17(15)23-6-10-26-11-7-23)18(24)19-2-3-22-4-8-25-9-5-22/h12H,2-11H2,1H3,(H,19,24). The number of anilines is 1. The van der Waals surface area contributed by atoms with Crippen molar-refractivity contribution in [2.24, 2.45) is 0 Å². The molecule has 0 saturated carbocycles. The Labute approximate surface area is 167 Å². The highest BCUT2D eigenvalue weighted by Gasteiger charge is 2.22. The second-order valence-corrected chi connectivity index (χ2v) is 9.04. The molecule has 0 aromatic carbocycles. The van der Waals surface area contributed by atoms with Gasteiger partial charge in [0.25, 0.3) is 5.91 Å². The molecule has 146 valence electrons. The summed E-state index contributed by atoms with van der Waals surface area (Å²) in [6.45, 7) is 8.82. The van der Waals surface area contributed by atoms with E-state index in [0.717, 1.165) is 74.2 Å².